The molecule has 0 unspecified atom stereocenters. The van der Waals surface area contributed by atoms with E-state index in [1.54, 1.807) is 38.1 Å². The molecule has 0 aliphatic heterocycles. The summed E-state index contributed by atoms with van der Waals surface area (Å²) in [4.78, 5) is 47.4. The average Bonchev–Trinajstić information content (AvgIpc) is 2.89. The highest BCUT2D eigenvalue weighted by Gasteiger charge is 2.16. The summed E-state index contributed by atoms with van der Waals surface area (Å²) >= 11 is 0. The van der Waals surface area contributed by atoms with E-state index in [0.717, 1.165) is 6.21 Å². The van der Waals surface area contributed by atoms with Gasteiger partial charge in [0.15, 0.2) is 0 Å². The molecule has 2 N–H and O–H groups in total. The molecule has 0 fully saturated rings. The molecule has 3 aromatic carbocycles. The van der Waals surface area contributed by atoms with Crippen LogP contribution in [0.25, 0.3) is 0 Å². The second-order valence-corrected chi connectivity index (χ2v) is 8.02. The molecule has 0 aliphatic rings. The van der Waals surface area contributed by atoms with Crippen molar-refractivity contribution in [1.82, 2.24) is 5.43 Å². The third kappa shape index (κ3) is 7.21. The van der Waals surface area contributed by atoms with E-state index in [0.29, 0.717) is 11.4 Å². The lowest BCUT2D eigenvalue weighted by Gasteiger charge is -2.09. The van der Waals surface area contributed by atoms with E-state index >= 15 is 0 Å². The number of non-ortho nitro benzene ring substituents is 1. The SMILES string of the molecule is COc1ccc(C(=O)Oc2ccc([N+](=O)[O-])cc2/C=N/NC(=O)c2ccc(NC(=O)C(C)C)cc2)cc1. The predicted octanol–water partition coefficient (Wildman–Crippen LogP) is 4.18. The molecular weight excluding hydrogens is 480 g/mol. The molecule has 0 bridgehead atoms. The maximum Gasteiger partial charge on any atom is 0.343 e. The number of hydrogen-bond donors (Lipinski definition) is 2. The molecule has 0 saturated heterocycles. The molecule has 190 valence electrons. The van der Waals surface area contributed by atoms with E-state index in [-0.39, 0.29) is 40.0 Å². The number of nitrogens with zero attached hydrogens (tertiary/aromatic N) is 2. The van der Waals surface area contributed by atoms with Crippen molar-refractivity contribution in [3.63, 3.8) is 0 Å². The van der Waals surface area contributed by atoms with Crippen LogP contribution in [0.3, 0.4) is 0 Å². The summed E-state index contributed by atoms with van der Waals surface area (Å²) in [5, 5.41) is 17.8. The van der Waals surface area contributed by atoms with Crippen LogP contribution < -0.4 is 20.2 Å². The van der Waals surface area contributed by atoms with Crippen molar-refractivity contribution in [2.24, 2.45) is 11.0 Å². The van der Waals surface area contributed by atoms with Gasteiger partial charge in [0.2, 0.25) is 5.91 Å². The molecule has 0 radical (unpaired) electrons. The molecule has 0 saturated carbocycles. The topological polar surface area (TPSA) is 149 Å². The Morgan fingerprint density at radius 3 is 2.22 bits per heavy atom. The molecule has 0 aromatic heterocycles. The van der Waals surface area contributed by atoms with Crippen LogP contribution in [0.5, 0.6) is 11.5 Å². The van der Waals surface area contributed by atoms with Crippen LogP contribution >= 0.6 is 0 Å². The quantitative estimate of drug-likeness (QED) is 0.146. The monoisotopic (exact) mass is 504 g/mol. The highest BCUT2D eigenvalue weighted by molar-refractivity contribution is 5.97. The number of hydrogen-bond acceptors (Lipinski definition) is 8. The molecule has 0 aliphatic carbocycles. The second-order valence-electron chi connectivity index (χ2n) is 8.02. The van der Waals surface area contributed by atoms with Gasteiger partial charge in [0, 0.05) is 34.9 Å². The number of nitro groups is 1. The molecule has 11 heteroatoms. The highest BCUT2D eigenvalue weighted by atomic mass is 16.6. The van der Waals surface area contributed by atoms with Gasteiger partial charge in [0.25, 0.3) is 11.6 Å². The van der Waals surface area contributed by atoms with Crippen molar-refractivity contribution < 1.29 is 28.8 Å². The summed E-state index contributed by atoms with van der Waals surface area (Å²) in [5.74, 6) is -1.02. The van der Waals surface area contributed by atoms with Crippen LogP contribution in [-0.2, 0) is 4.79 Å². The van der Waals surface area contributed by atoms with Gasteiger partial charge in [-0.15, -0.1) is 0 Å². The minimum absolute atomic E-state index is 0.00895. The Bertz CT molecular complexity index is 1330. The summed E-state index contributed by atoms with van der Waals surface area (Å²) in [5.41, 5.74) is 3.21. The third-order valence-corrected chi connectivity index (χ3v) is 5.04. The molecule has 0 atom stereocenters. The van der Waals surface area contributed by atoms with Gasteiger partial charge in [0.1, 0.15) is 11.5 Å². The van der Waals surface area contributed by atoms with E-state index in [9.17, 15) is 24.5 Å². The minimum Gasteiger partial charge on any atom is -0.497 e. The van der Waals surface area contributed by atoms with Gasteiger partial charge < -0.3 is 14.8 Å². The Balaban J connectivity index is 1.73. The van der Waals surface area contributed by atoms with Crippen LogP contribution in [0.1, 0.15) is 40.1 Å². The lowest BCUT2D eigenvalue weighted by Crippen LogP contribution is -2.19. The Morgan fingerprint density at radius 1 is 0.973 bits per heavy atom. The van der Waals surface area contributed by atoms with E-state index in [2.05, 4.69) is 15.8 Å². The fraction of sp³-hybridized carbons (Fsp3) is 0.154. The fourth-order valence-electron chi connectivity index (χ4n) is 2.95. The van der Waals surface area contributed by atoms with Crippen molar-refractivity contribution in [3.05, 3.63) is 93.5 Å². The molecule has 0 spiro atoms. The number of hydrazone groups is 1. The van der Waals surface area contributed by atoms with Gasteiger partial charge in [-0.1, -0.05) is 13.8 Å². The minimum atomic E-state index is -0.695. The molecule has 0 heterocycles. The summed E-state index contributed by atoms with van der Waals surface area (Å²) < 4.78 is 10.5. The summed E-state index contributed by atoms with van der Waals surface area (Å²) in [6, 6.07) is 16.0. The maximum atomic E-state index is 12.5. The Morgan fingerprint density at radius 2 is 1.62 bits per heavy atom. The van der Waals surface area contributed by atoms with Crippen LogP contribution in [0.15, 0.2) is 71.8 Å². The largest absolute Gasteiger partial charge is 0.497 e. The van der Waals surface area contributed by atoms with E-state index in [1.165, 1.54) is 49.6 Å². The van der Waals surface area contributed by atoms with Crippen LogP contribution in [-0.4, -0.2) is 36.0 Å². The number of ether oxygens (including phenoxy) is 2. The summed E-state index contributed by atoms with van der Waals surface area (Å²) in [6.45, 7) is 3.53. The Kier molecular flexibility index (Phi) is 8.66. The predicted molar refractivity (Wildman–Crippen MR) is 136 cm³/mol. The van der Waals surface area contributed by atoms with Crippen molar-refractivity contribution in [3.8, 4) is 11.5 Å². The lowest BCUT2D eigenvalue weighted by molar-refractivity contribution is -0.384. The van der Waals surface area contributed by atoms with Gasteiger partial charge >= 0.3 is 5.97 Å². The number of nitrogens with one attached hydrogen (secondary N) is 2. The standard InChI is InChI=1S/C26H24N4O7/c1-16(2)24(31)28-20-8-4-17(5-9-20)25(32)29-27-15-19-14-21(30(34)35)10-13-23(19)37-26(33)18-6-11-22(36-3)12-7-18/h4-16H,1-3H3,(H,28,31)(H,29,32)/b27-15+. The number of amides is 2. The van der Waals surface area contributed by atoms with E-state index < -0.39 is 16.8 Å². The number of anilines is 1. The number of benzene rings is 3. The van der Waals surface area contributed by atoms with Crippen molar-refractivity contribution in [2.75, 3.05) is 12.4 Å². The van der Waals surface area contributed by atoms with Gasteiger partial charge in [-0.25, -0.2) is 10.2 Å². The molecule has 11 nitrogen and oxygen atoms in total. The van der Waals surface area contributed by atoms with Crippen LogP contribution in [0, 0.1) is 16.0 Å². The first-order chi connectivity index (χ1) is 17.7. The average molecular weight is 504 g/mol. The molecular formula is C26H24N4O7. The zero-order chi connectivity index (χ0) is 26.9. The number of rotatable bonds is 9. The second kappa shape index (κ2) is 12.1. The van der Waals surface area contributed by atoms with Gasteiger partial charge in [-0.2, -0.15) is 5.10 Å². The number of carbonyl (C=O) groups is 3. The molecule has 2 amide bonds. The van der Waals surface area contributed by atoms with Crippen LogP contribution in [0.4, 0.5) is 11.4 Å². The first kappa shape index (κ1) is 26.5. The zero-order valence-corrected chi connectivity index (χ0v) is 20.3. The van der Waals surface area contributed by atoms with Crippen molar-refractivity contribution in [2.45, 2.75) is 13.8 Å². The molecule has 3 aromatic rings. The van der Waals surface area contributed by atoms with Crippen LogP contribution in [0.2, 0.25) is 0 Å². The summed E-state index contributed by atoms with van der Waals surface area (Å²) in [7, 11) is 1.50. The van der Waals surface area contributed by atoms with Gasteiger partial charge in [-0.3, -0.25) is 19.7 Å². The third-order valence-electron chi connectivity index (χ3n) is 5.04. The number of esters is 1. The Hall–Kier alpha value is -5.06. The van der Waals surface area contributed by atoms with Gasteiger partial charge in [-0.05, 0) is 54.6 Å². The maximum absolute atomic E-state index is 12.5. The fourth-order valence-corrected chi connectivity index (χ4v) is 2.95. The summed E-state index contributed by atoms with van der Waals surface area (Å²) in [6.07, 6.45) is 1.14. The highest BCUT2D eigenvalue weighted by Crippen LogP contribution is 2.24. The number of methoxy groups -OCH3 is 1. The van der Waals surface area contributed by atoms with E-state index in [4.69, 9.17) is 9.47 Å². The molecule has 37 heavy (non-hydrogen) atoms. The van der Waals surface area contributed by atoms with Crippen molar-refractivity contribution >= 4 is 35.4 Å². The first-order valence-corrected chi connectivity index (χ1v) is 11.1. The smallest absolute Gasteiger partial charge is 0.343 e. The number of nitro benzene ring substituents is 1. The van der Waals surface area contributed by atoms with Crippen molar-refractivity contribution in [1.29, 1.82) is 0 Å². The number of carbonyl (C=O) groups excluding carboxylic acids is 3. The lowest BCUT2D eigenvalue weighted by atomic mass is 10.1. The molecule has 3 rings (SSSR count). The Labute approximate surface area is 212 Å². The van der Waals surface area contributed by atoms with E-state index in [1.807, 2.05) is 0 Å². The zero-order valence-electron chi connectivity index (χ0n) is 20.3. The van der Waals surface area contributed by atoms with Gasteiger partial charge in [0.05, 0.1) is 23.8 Å². The normalized spacial score (nSPS) is 10.7. The first-order valence-electron chi connectivity index (χ1n) is 11.1.